The number of hydrogen-bond acceptors (Lipinski definition) is 4. The summed E-state index contributed by atoms with van der Waals surface area (Å²) in [7, 11) is 0. The third-order valence-electron chi connectivity index (χ3n) is 3.95. The fourth-order valence-corrected chi connectivity index (χ4v) is 2.64. The van der Waals surface area contributed by atoms with Crippen molar-refractivity contribution >= 4 is 29.3 Å². The summed E-state index contributed by atoms with van der Waals surface area (Å²) in [6.45, 7) is 1.84. The molecule has 0 fully saturated rings. The Balaban J connectivity index is 2.01. The minimum Gasteiger partial charge on any atom is -0.449 e. The highest BCUT2D eigenvalue weighted by Crippen LogP contribution is 2.37. The Hall–Kier alpha value is -3.28. The van der Waals surface area contributed by atoms with Gasteiger partial charge in [-0.15, -0.1) is 0 Å². The van der Waals surface area contributed by atoms with Crippen LogP contribution in [0.15, 0.2) is 48.2 Å². The highest BCUT2D eigenvalue weighted by atomic mass is 16.5. The molecule has 0 unspecified atom stereocenters. The number of carbonyl (C=O) groups is 2. The SMILES string of the molecule is CCc1ccc(/C=C2/Oc3cc(N)ccc3N(CC(N)=O)C2=O)cc1. The minimum absolute atomic E-state index is 0.114. The second-order valence-electron chi connectivity index (χ2n) is 5.79. The Bertz CT molecular complexity index is 857. The molecule has 0 aliphatic carbocycles. The van der Waals surface area contributed by atoms with Gasteiger partial charge in [-0.25, -0.2) is 0 Å². The summed E-state index contributed by atoms with van der Waals surface area (Å²) in [5.74, 6) is -0.499. The van der Waals surface area contributed by atoms with Crippen molar-refractivity contribution < 1.29 is 14.3 Å². The number of fused-ring (bicyclic) bond motifs is 1. The zero-order valence-electron chi connectivity index (χ0n) is 13.9. The number of hydrogen-bond donors (Lipinski definition) is 2. The van der Waals surface area contributed by atoms with Crippen LogP contribution in [0.3, 0.4) is 0 Å². The summed E-state index contributed by atoms with van der Waals surface area (Å²) in [6.07, 6.45) is 2.58. The van der Waals surface area contributed by atoms with Crippen LogP contribution < -0.4 is 21.1 Å². The second kappa shape index (κ2) is 6.68. The number of carbonyl (C=O) groups excluding carboxylic acids is 2. The standard InChI is InChI=1S/C19H19N3O3/c1-2-12-3-5-13(6-4-12)9-17-19(24)22(11-18(21)23)15-8-7-14(20)10-16(15)25-17/h3-10H,2,11,20H2,1H3,(H2,21,23)/b17-9+. The average Bonchev–Trinajstić information content (AvgIpc) is 2.59. The fraction of sp³-hybridized carbons (Fsp3) is 0.158. The molecule has 0 atom stereocenters. The van der Waals surface area contributed by atoms with Crippen LogP contribution in [-0.2, 0) is 16.0 Å². The quantitative estimate of drug-likeness (QED) is 0.659. The van der Waals surface area contributed by atoms with Crippen molar-refractivity contribution in [2.75, 3.05) is 17.2 Å². The fourth-order valence-electron chi connectivity index (χ4n) is 2.64. The number of nitrogens with zero attached hydrogens (tertiary/aromatic N) is 1. The highest BCUT2D eigenvalue weighted by Gasteiger charge is 2.31. The van der Waals surface area contributed by atoms with E-state index < -0.39 is 11.8 Å². The summed E-state index contributed by atoms with van der Waals surface area (Å²) in [5, 5.41) is 0. The molecule has 2 amide bonds. The summed E-state index contributed by atoms with van der Waals surface area (Å²) < 4.78 is 5.74. The topological polar surface area (TPSA) is 98.7 Å². The molecule has 0 radical (unpaired) electrons. The molecule has 4 N–H and O–H groups in total. The Morgan fingerprint density at radius 3 is 2.56 bits per heavy atom. The number of primary amides is 1. The van der Waals surface area contributed by atoms with E-state index in [2.05, 4.69) is 6.92 Å². The molecule has 0 saturated carbocycles. The molecule has 1 heterocycles. The van der Waals surface area contributed by atoms with Crippen molar-refractivity contribution in [3.8, 4) is 5.75 Å². The average molecular weight is 337 g/mol. The van der Waals surface area contributed by atoms with Gasteiger partial charge in [0.2, 0.25) is 5.91 Å². The number of aryl methyl sites for hydroxylation is 1. The van der Waals surface area contributed by atoms with Gasteiger partial charge in [0.05, 0.1) is 5.69 Å². The van der Waals surface area contributed by atoms with Crippen LogP contribution in [-0.4, -0.2) is 18.4 Å². The first-order valence-electron chi connectivity index (χ1n) is 7.96. The van der Waals surface area contributed by atoms with Crippen LogP contribution in [0.4, 0.5) is 11.4 Å². The van der Waals surface area contributed by atoms with E-state index in [9.17, 15) is 9.59 Å². The van der Waals surface area contributed by atoms with Crippen molar-refractivity contribution in [2.24, 2.45) is 5.73 Å². The lowest BCUT2D eigenvalue weighted by atomic mass is 10.1. The molecular weight excluding hydrogens is 318 g/mol. The smallest absolute Gasteiger partial charge is 0.294 e. The van der Waals surface area contributed by atoms with Crippen LogP contribution in [0.5, 0.6) is 5.75 Å². The van der Waals surface area contributed by atoms with Gasteiger partial charge in [0, 0.05) is 11.8 Å². The molecule has 2 aromatic carbocycles. The summed E-state index contributed by atoms with van der Waals surface area (Å²) in [5.41, 5.74) is 14.1. The predicted molar refractivity (Wildman–Crippen MR) is 96.8 cm³/mol. The zero-order valence-corrected chi connectivity index (χ0v) is 13.9. The van der Waals surface area contributed by atoms with Crippen molar-refractivity contribution in [3.05, 3.63) is 59.4 Å². The summed E-state index contributed by atoms with van der Waals surface area (Å²) >= 11 is 0. The Morgan fingerprint density at radius 1 is 1.20 bits per heavy atom. The van der Waals surface area contributed by atoms with Gasteiger partial charge in [-0.1, -0.05) is 31.2 Å². The van der Waals surface area contributed by atoms with Crippen molar-refractivity contribution in [3.63, 3.8) is 0 Å². The number of nitrogen functional groups attached to an aromatic ring is 1. The van der Waals surface area contributed by atoms with E-state index in [0.717, 1.165) is 12.0 Å². The lowest BCUT2D eigenvalue weighted by molar-refractivity contribution is -0.121. The molecule has 128 valence electrons. The molecule has 1 aliphatic rings. The number of benzene rings is 2. The van der Waals surface area contributed by atoms with E-state index in [4.69, 9.17) is 16.2 Å². The third-order valence-corrected chi connectivity index (χ3v) is 3.95. The van der Waals surface area contributed by atoms with Gasteiger partial charge in [-0.3, -0.25) is 14.5 Å². The van der Waals surface area contributed by atoms with Crippen molar-refractivity contribution in [2.45, 2.75) is 13.3 Å². The van der Waals surface area contributed by atoms with Crippen molar-refractivity contribution in [1.29, 1.82) is 0 Å². The predicted octanol–water partition coefficient (Wildman–Crippen LogP) is 2.08. The van der Waals surface area contributed by atoms with E-state index in [0.29, 0.717) is 17.1 Å². The van der Waals surface area contributed by atoms with E-state index in [1.165, 1.54) is 10.5 Å². The molecule has 25 heavy (non-hydrogen) atoms. The first kappa shape index (κ1) is 16.6. The number of amides is 2. The molecular formula is C19H19N3O3. The maximum atomic E-state index is 12.7. The number of nitrogens with two attached hydrogens (primary N) is 2. The number of anilines is 2. The van der Waals surface area contributed by atoms with E-state index in [-0.39, 0.29) is 12.3 Å². The normalized spacial score (nSPS) is 15.0. The van der Waals surface area contributed by atoms with Gasteiger partial charge in [0.25, 0.3) is 5.91 Å². The first-order chi connectivity index (χ1) is 12.0. The summed E-state index contributed by atoms with van der Waals surface area (Å²) in [4.78, 5) is 25.4. The molecule has 0 aromatic heterocycles. The van der Waals surface area contributed by atoms with Crippen LogP contribution >= 0.6 is 0 Å². The van der Waals surface area contributed by atoms with E-state index >= 15 is 0 Å². The third kappa shape index (κ3) is 3.47. The minimum atomic E-state index is -0.607. The zero-order chi connectivity index (χ0) is 18.0. The molecule has 0 spiro atoms. The van der Waals surface area contributed by atoms with Gasteiger partial charge in [0.15, 0.2) is 11.5 Å². The molecule has 6 nitrogen and oxygen atoms in total. The van der Waals surface area contributed by atoms with Crippen LogP contribution in [0.1, 0.15) is 18.1 Å². The lowest BCUT2D eigenvalue weighted by Crippen LogP contribution is -2.42. The van der Waals surface area contributed by atoms with Crippen LogP contribution in [0.25, 0.3) is 6.08 Å². The maximum absolute atomic E-state index is 12.7. The molecule has 3 rings (SSSR count). The van der Waals surface area contributed by atoms with Crippen LogP contribution in [0, 0.1) is 0 Å². The number of rotatable bonds is 4. The van der Waals surface area contributed by atoms with E-state index in [1.54, 1.807) is 24.3 Å². The van der Waals surface area contributed by atoms with Gasteiger partial charge in [0.1, 0.15) is 6.54 Å². The molecule has 1 aliphatic heterocycles. The van der Waals surface area contributed by atoms with Gasteiger partial charge < -0.3 is 16.2 Å². The molecule has 0 bridgehead atoms. The van der Waals surface area contributed by atoms with Gasteiger partial charge >= 0.3 is 0 Å². The Kier molecular flexibility index (Phi) is 4.43. The number of ether oxygens (including phenoxy) is 1. The Labute approximate surface area is 145 Å². The molecule has 0 saturated heterocycles. The molecule has 6 heteroatoms. The second-order valence-corrected chi connectivity index (χ2v) is 5.79. The van der Waals surface area contributed by atoms with Gasteiger partial charge in [-0.05, 0) is 35.8 Å². The summed E-state index contributed by atoms with van der Waals surface area (Å²) in [6, 6.07) is 12.7. The monoisotopic (exact) mass is 337 g/mol. The van der Waals surface area contributed by atoms with Crippen LogP contribution in [0.2, 0.25) is 0 Å². The Morgan fingerprint density at radius 2 is 1.92 bits per heavy atom. The largest absolute Gasteiger partial charge is 0.449 e. The van der Waals surface area contributed by atoms with E-state index in [1.807, 2.05) is 24.3 Å². The maximum Gasteiger partial charge on any atom is 0.294 e. The first-order valence-corrected chi connectivity index (χ1v) is 7.96. The van der Waals surface area contributed by atoms with Gasteiger partial charge in [-0.2, -0.15) is 0 Å². The molecule has 2 aromatic rings. The highest BCUT2D eigenvalue weighted by molar-refractivity contribution is 6.12. The lowest BCUT2D eigenvalue weighted by Gasteiger charge is -2.29. The van der Waals surface area contributed by atoms with Crippen molar-refractivity contribution in [1.82, 2.24) is 0 Å².